The normalized spacial score (nSPS) is 10.2. The zero-order valence-corrected chi connectivity index (χ0v) is 12.5. The highest BCUT2D eigenvalue weighted by Crippen LogP contribution is 2.19. The molecule has 1 amide bonds. The second-order valence-electron chi connectivity index (χ2n) is 5.01. The van der Waals surface area contributed by atoms with Gasteiger partial charge in [-0.2, -0.15) is 0 Å². The molecule has 0 atom stereocenters. The van der Waals surface area contributed by atoms with Crippen LogP contribution in [0.5, 0.6) is 11.5 Å². The summed E-state index contributed by atoms with van der Waals surface area (Å²) in [5.41, 5.74) is 2.36. The van der Waals surface area contributed by atoms with Crippen LogP contribution in [-0.2, 0) is 6.54 Å². The molecular weight excluding hydrogens is 266 g/mol. The van der Waals surface area contributed by atoms with Crippen molar-refractivity contribution in [3.05, 3.63) is 59.2 Å². The molecule has 0 aromatic heterocycles. The van der Waals surface area contributed by atoms with Crippen molar-refractivity contribution in [3.8, 4) is 11.5 Å². The molecule has 4 heteroatoms. The number of phenolic OH excluding ortho intramolecular Hbond substituents is 1. The van der Waals surface area contributed by atoms with E-state index < -0.39 is 0 Å². The van der Waals surface area contributed by atoms with E-state index in [-0.39, 0.29) is 11.7 Å². The third-order valence-electron chi connectivity index (χ3n) is 3.34. The number of nitrogens with zero attached hydrogens (tertiary/aromatic N) is 1. The number of aryl methyl sites for hydroxylation is 1. The van der Waals surface area contributed by atoms with Crippen molar-refractivity contribution >= 4 is 5.91 Å². The summed E-state index contributed by atoms with van der Waals surface area (Å²) in [5, 5.41) is 9.41. The summed E-state index contributed by atoms with van der Waals surface area (Å²) in [6.07, 6.45) is 0. The van der Waals surface area contributed by atoms with Crippen LogP contribution in [0.15, 0.2) is 42.5 Å². The van der Waals surface area contributed by atoms with E-state index in [0.29, 0.717) is 12.1 Å². The van der Waals surface area contributed by atoms with Crippen molar-refractivity contribution in [1.82, 2.24) is 4.90 Å². The lowest BCUT2D eigenvalue weighted by Gasteiger charge is -2.19. The SMILES string of the molecule is COc1cccc(CN(C)C(=O)c2ccc(O)cc2C)c1. The van der Waals surface area contributed by atoms with Crippen molar-refractivity contribution in [2.45, 2.75) is 13.5 Å². The van der Waals surface area contributed by atoms with Crippen LogP contribution in [-0.4, -0.2) is 30.1 Å². The first-order valence-electron chi connectivity index (χ1n) is 6.69. The first kappa shape index (κ1) is 14.9. The van der Waals surface area contributed by atoms with Crippen molar-refractivity contribution < 1.29 is 14.6 Å². The Morgan fingerprint density at radius 2 is 2.00 bits per heavy atom. The molecule has 0 fully saturated rings. The molecule has 0 unspecified atom stereocenters. The predicted molar refractivity (Wildman–Crippen MR) is 81.6 cm³/mol. The number of ether oxygens (including phenoxy) is 1. The molecule has 0 aliphatic rings. The quantitative estimate of drug-likeness (QED) is 0.939. The van der Waals surface area contributed by atoms with Gasteiger partial charge in [-0.15, -0.1) is 0 Å². The standard InChI is InChI=1S/C17H19NO3/c1-12-9-14(19)7-8-16(12)17(20)18(2)11-13-5-4-6-15(10-13)21-3/h4-10,19H,11H2,1-3H3. The molecule has 0 saturated heterocycles. The minimum atomic E-state index is -0.0738. The molecular formula is C17H19NO3. The number of aromatic hydroxyl groups is 1. The maximum Gasteiger partial charge on any atom is 0.254 e. The van der Waals surface area contributed by atoms with Crippen LogP contribution >= 0.6 is 0 Å². The summed E-state index contributed by atoms with van der Waals surface area (Å²) < 4.78 is 5.18. The molecule has 0 aliphatic carbocycles. The van der Waals surface area contributed by atoms with Crippen LogP contribution in [0.3, 0.4) is 0 Å². The number of hydrogen-bond donors (Lipinski definition) is 1. The number of carbonyl (C=O) groups excluding carboxylic acids is 1. The van der Waals surface area contributed by atoms with Crippen molar-refractivity contribution in [1.29, 1.82) is 0 Å². The van der Waals surface area contributed by atoms with Gasteiger partial charge in [0.2, 0.25) is 0 Å². The first-order valence-corrected chi connectivity index (χ1v) is 6.69. The van der Waals surface area contributed by atoms with Gasteiger partial charge in [-0.3, -0.25) is 4.79 Å². The minimum Gasteiger partial charge on any atom is -0.508 e. The molecule has 0 aliphatic heterocycles. The maximum absolute atomic E-state index is 12.4. The summed E-state index contributed by atoms with van der Waals surface area (Å²) in [5.74, 6) is 0.865. The number of benzene rings is 2. The molecule has 0 spiro atoms. The van der Waals surface area contributed by atoms with E-state index >= 15 is 0 Å². The molecule has 1 N–H and O–H groups in total. The Morgan fingerprint density at radius 1 is 1.24 bits per heavy atom. The molecule has 2 aromatic carbocycles. The molecule has 0 bridgehead atoms. The second kappa shape index (κ2) is 6.31. The molecule has 4 nitrogen and oxygen atoms in total. The Labute approximate surface area is 124 Å². The maximum atomic E-state index is 12.4. The average molecular weight is 285 g/mol. The van der Waals surface area contributed by atoms with Gasteiger partial charge in [-0.1, -0.05) is 12.1 Å². The van der Waals surface area contributed by atoms with Crippen LogP contribution in [0.4, 0.5) is 0 Å². The van der Waals surface area contributed by atoms with Gasteiger partial charge in [0.1, 0.15) is 11.5 Å². The molecule has 0 heterocycles. The van der Waals surface area contributed by atoms with E-state index in [0.717, 1.165) is 16.9 Å². The smallest absolute Gasteiger partial charge is 0.254 e. The zero-order valence-electron chi connectivity index (χ0n) is 12.5. The van der Waals surface area contributed by atoms with Crippen molar-refractivity contribution in [2.75, 3.05) is 14.2 Å². The van der Waals surface area contributed by atoms with Crippen LogP contribution in [0, 0.1) is 6.92 Å². The third kappa shape index (κ3) is 3.54. The van der Waals surface area contributed by atoms with Crippen LogP contribution in [0.2, 0.25) is 0 Å². The van der Waals surface area contributed by atoms with Gasteiger partial charge in [0.05, 0.1) is 7.11 Å². The van der Waals surface area contributed by atoms with Gasteiger partial charge in [-0.25, -0.2) is 0 Å². The fraction of sp³-hybridized carbons (Fsp3) is 0.235. The Bertz CT molecular complexity index is 652. The largest absolute Gasteiger partial charge is 0.508 e. The van der Waals surface area contributed by atoms with Gasteiger partial charge in [0, 0.05) is 19.2 Å². The summed E-state index contributed by atoms with van der Waals surface area (Å²) in [4.78, 5) is 14.1. The minimum absolute atomic E-state index is 0.0738. The van der Waals surface area contributed by atoms with Crippen molar-refractivity contribution in [3.63, 3.8) is 0 Å². The van der Waals surface area contributed by atoms with E-state index in [4.69, 9.17) is 4.74 Å². The van der Waals surface area contributed by atoms with Gasteiger partial charge < -0.3 is 14.7 Å². The lowest BCUT2D eigenvalue weighted by atomic mass is 10.1. The first-order chi connectivity index (χ1) is 10.0. The highest BCUT2D eigenvalue weighted by atomic mass is 16.5. The summed E-state index contributed by atoms with van der Waals surface area (Å²) in [6.45, 7) is 2.31. The van der Waals surface area contributed by atoms with Gasteiger partial charge in [-0.05, 0) is 48.4 Å². The lowest BCUT2D eigenvalue weighted by Crippen LogP contribution is -2.26. The van der Waals surface area contributed by atoms with E-state index in [1.807, 2.05) is 31.2 Å². The molecule has 2 aromatic rings. The number of carbonyl (C=O) groups is 1. The van der Waals surface area contributed by atoms with E-state index in [9.17, 15) is 9.90 Å². The highest BCUT2D eigenvalue weighted by Gasteiger charge is 2.14. The fourth-order valence-electron chi connectivity index (χ4n) is 2.21. The van der Waals surface area contributed by atoms with Gasteiger partial charge >= 0.3 is 0 Å². The number of amides is 1. The third-order valence-corrected chi connectivity index (χ3v) is 3.34. The summed E-state index contributed by atoms with van der Waals surface area (Å²) >= 11 is 0. The molecule has 0 saturated carbocycles. The Kier molecular flexibility index (Phi) is 4.48. The highest BCUT2D eigenvalue weighted by molar-refractivity contribution is 5.95. The number of phenols is 1. The van der Waals surface area contributed by atoms with Gasteiger partial charge in [0.25, 0.3) is 5.91 Å². The average Bonchev–Trinajstić information content (AvgIpc) is 2.46. The number of rotatable bonds is 4. The van der Waals surface area contributed by atoms with E-state index in [1.54, 1.807) is 31.2 Å². The van der Waals surface area contributed by atoms with Crippen LogP contribution in [0.1, 0.15) is 21.5 Å². The Balaban J connectivity index is 2.15. The van der Waals surface area contributed by atoms with Gasteiger partial charge in [0.15, 0.2) is 0 Å². The lowest BCUT2D eigenvalue weighted by molar-refractivity contribution is 0.0784. The molecule has 110 valence electrons. The van der Waals surface area contributed by atoms with Crippen LogP contribution in [0.25, 0.3) is 0 Å². The van der Waals surface area contributed by atoms with Crippen LogP contribution < -0.4 is 4.74 Å². The zero-order chi connectivity index (χ0) is 15.4. The fourth-order valence-corrected chi connectivity index (χ4v) is 2.21. The monoisotopic (exact) mass is 285 g/mol. The Morgan fingerprint density at radius 3 is 2.67 bits per heavy atom. The molecule has 21 heavy (non-hydrogen) atoms. The van der Waals surface area contributed by atoms with Crippen molar-refractivity contribution in [2.24, 2.45) is 0 Å². The van der Waals surface area contributed by atoms with E-state index in [2.05, 4.69) is 0 Å². The number of hydrogen-bond acceptors (Lipinski definition) is 3. The summed E-state index contributed by atoms with van der Waals surface area (Å²) in [6, 6.07) is 12.4. The second-order valence-corrected chi connectivity index (χ2v) is 5.01. The number of methoxy groups -OCH3 is 1. The predicted octanol–water partition coefficient (Wildman–Crippen LogP) is 2.98. The molecule has 0 radical (unpaired) electrons. The topological polar surface area (TPSA) is 49.8 Å². The Hall–Kier alpha value is -2.49. The molecule has 2 rings (SSSR count). The van der Waals surface area contributed by atoms with E-state index in [1.165, 1.54) is 6.07 Å². The summed E-state index contributed by atoms with van der Waals surface area (Å²) in [7, 11) is 3.38.